The fourth-order valence-corrected chi connectivity index (χ4v) is 2.80. The van der Waals surface area contributed by atoms with Crippen molar-refractivity contribution in [2.45, 2.75) is 38.8 Å². The van der Waals surface area contributed by atoms with E-state index in [-0.39, 0.29) is 30.3 Å². The average molecular weight is 313 g/mol. The van der Waals surface area contributed by atoms with Gasteiger partial charge in [0.25, 0.3) is 0 Å². The number of benzene rings is 1. The van der Waals surface area contributed by atoms with Crippen LogP contribution in [0.25, 0.3) is 0 Å². The number of nitrogens with zero attached hydrogens (tertiary/aromatic N) is 1. The fraction of sp³-hybridized carbons (Fsp3) is 0.562. The van der Waals surface area contributed by atoms with Crippen molar-refractivity contribution in [3.8, 4) is 5.75 Å². The van der Waals surface area contributed by atoms with E-state index >= 15 is 0 Å². The quantitative estimate of drug-likeness (QED) is 0.909. The van der Waals surface area contributed by atoms with E-state index in [0.717, 1.165) is 37.1 Å². The van der Waals surface area contributed by atoms with E-state index in [9.17, 15) is 4.79 Å². The molecule has 0 aromatic heterocycles. The maximum absolute atomic E-state index is 12.5. The van der Waals surface area contributed by atoms with Gasteiger partial charge in [-0.1, -0.05) is 12.1 Å². The lowest BCUT2D eigenvalue weighted by Crippen LogP contribution is -2.35. The highest BCUT2D eigenvalue weighted by Gasteiger charge is 2.30. The predicted molar refractivity (Wildman–Crippen MR) is 86.6 cm³/mol. The fourth-order valence-electron chi connectivity index (χ4n) is 2.80. The van der Waals surface area contributed by atoms with Gasteiger partial charge in [0.15, 0.2) is 0 Å². The van der Waals surface area contributed by atoms with Crippen LogP contribution in [0.4, 0.5) is 0 Å². The summed E-state index contributed by atoms with van der Waals surface area (Å²) in [7, 11) is 1.65. The van der Waals surface area contributed by atoms with Crippen LogP contribution in [0.1, 0.15) is 31.7 Å². The molecule has 1 aliphatic carbocycles. The third-order valence-electron chi connectivity index (χ3n) is 4.05. The third-order valence-corrected chi connectivity index (χ3v) is 4.05. The number of ether oxygens (including phenoxy) is 1. The number of carbonyl (C=O) groups is 1. The van der Waals surface area contributed by atoms with E-state index in [1.165, 1.54) is 0 Å². The van der Waals surface area contributed by atoms with Gasteiger partial charge >= 0.3 is 0 Å². The number of halogens is 1. The van der Waals surface area contributed by atoms with Gasteiger partial charge in [-0.05, 0) is 43.9 Å². The number of hydrogen-bond donors (Lipinski definition) is 1. The molecule has 0 bridgehead atoms. The molecule has 2 rings (SSSR count). The first-order chi connectivity index (χ1) is 9.63. The Bertz CT molecular complexity index is 450. The van der Waals surface area contributed by atoms with Gasteiger partial charge in [0.2, 0.25) is 5.91 Å². The molecule has 0 radical (unpaired) electrons. The summed E-state index contributed by atoms with van der Waals surface area (Å²) in [5.41, 5.74) is 7.03. The molecule has 118 valence electrons. The summed E-state index contributed by atoms with van der Waals surface area (Å²) in [5, 5.41) is 0. The molecule has 0 aliphatic heterocycles. The van der Waals surface area contributed by atoms with Crippen LogP contribution in [-0.4, -0.2) is 30.5 Å². The summed E-state index contributed by atoms with van der Waals surface area (Å²) < 4.78 is 5.15. The summed E-state index contributed by atoms with van der Waals surface area (Å²) in [6, 6.07) is 8.08. The maximum atomic E-state index is 12.5. The molecule has 1 aromatic carbocycles. The molecule has 1 aromatic rings. The van der Waals surface area contributed by atoms with Crippen LogP contribution in [-0.2, 0) is 11.3 Å². The Morgan fingerprint density at radius 3 is 2.48 bits per heavy atom. The van der Waals surface area contributed by atoms with Crippen LogP contribution < -0.4 is 10.5 Å². The molecule has 2 unspecified atom stereocenters. The van der Waals surface area contributed by atoms with E-state index < -0.39 is 0 Å². The van der Waals surface area contributed by atoms with Crippen molar-refractivity contribution in [1.29, 1.82) is 0 Å². The van der Waals surface area contributed by atoms with Crippen LogP contribution in [0.5, 0.6) is 5.75 Å². The van der Waals surface area contributed by atoms with Gasteiger partial charge in [0, 0.05) is 25.0 Å². The second-order valence-corrected chi connectivity index (χ2v) is 5.47. The molecular formula is C16H25ClN2O2. The van der Waals surface area contributed by atoms with Gasteiger partial charge in [-0.3, -0.25) is 4.79 Å². The van der Waals surface area contributed by atoms with E-state index in [1.54, 1.807) is 7.11 Å². The van der Waals surface area contributed by atoms with Gasteiger partial charge in [-0.25, -0.2) is 0 Å². The number of nitrogens with two attached hydrogens (primary N) is 1. The van der Waals surface area contributed by atoms with Crippen LogP contribution >= 0.6 is 12.4 Å². The Morgan fingerprint density at radius 2 is 2.00 bits per heavy atom. The number of methoxy groups -OCH3 is 1. The Labute approximate surface area is 133 Å². The third kappa shape index (κ3) is 4.61. The molecular weight excluding hydrogens is 288 g/mol. The molecule has 0 saturated heterocycles. The molecule has 1 aliphatic rings. The lowest BCUT2D eigenvalue weighted by Gasteiger charge is -2.24. The Morgan fingerprint density at radius 1 is 1.33 bits per heavy atom. The van der Waals surface area contributed by atoms with Crippen molar-refractivity contribution >= 4 is 18.3 Å². The average Bonchev–Trinajstić information content (AvgIpc) is 2.91. The summed E-state index contributed by atoms with van der Waals surface area (Å²) in [6.07, 6.45) is 2.73. The topological polar surface area (TPSA) is 55.6 Å². The monoisotopic (exact) mass is 312 g/mol. The van der Waals surface area contributed by atoms with Gasteiger partial charge < -0.3 is 15.4 Å². The summed E-state index contributed by atoms with van der Waals surface area (Å²) in [6.45, 7) is 3.41. The van der Waals surface area contributed by atoms with Gasteiger partial charge in [0.05, 0.1) is 7.11 Å². The summed E-state index contributed by atoms with van der Waals surface area (Å²) in [4.78, 5) is 14.4. The molecule has 2 N–H and O–H groups in total. The van der Waals surface area contributed by atoms with Crippen molar-refractivity contribution < 1.29 is 9.53 Å². The zero-order chi connectivity index (χ0) is 14.5. The number of amides is 1. The molecule has 1 fully saturated rings. The highest BCUT2D eigenvalue weighted by atomic mass is 35.5. The molecule has 2 atom stereocenters. The van der Waals surface area contributed by atoms with Crippen molar-refractivity contribution in [3.05, 3.63) is 29.8 Å². The molecule has 1 amide bonds. The van der Waals surface area contributed by atoms with Crippen LogP contribution in [0.2, 0.25) is 0 Å². The Kier molecular flexibility index (Phi) is 6.99. The Balaban J connectivity index is 0.00000220. The van der Waals surface area contributed by atoms with Crippen molar-refractivity contribution in [2.75, 3.05) is 13.7 Å². The summed E-state index contributed by atoms with van der Waals surface area (Å²) in [5.74, 6) is 1.20. The second kappa shape index (κ2) is 8.25. The number of carbonyl (C=O) groups excluding carboxylic acids is 1. The first-order valence-corrected chi connectivity index (χ1v) is 7.31. The first kappa shape index (κ1) is 17.8. The molecule has 0 heterocycles. The predicted octanol–water partition coefficient (Wildman–Crippen LogP) is 2.59. The summed E-state index contributed by atoms with van der Waals surface area (Å²) >= 11 is 0. The first-order valence-electron chi connectivity index (χ1n) is 7.31. The minimum absolute atomic E-state index is 0. The normalized spacial score (nSPS) is 20.7. The molecule has 1 saturated carbocycles. The lowest BCUT2D eigenvalue weighted by molar-refractivity contribution is -0.135. The standard InChI is InChI=1S/C16H24N2O2.ClH/c1-3-18(16(19)13-6-7-14(17)10-13)11-12-4-8-15(20-2)9-5-12;/h4-5,8-9,13-14H,3,6-7,10-11,17H2,1-2H3;1H. The SMILES string of the molecule is CCN(Cc1ccc(OC)cc1)C(=O)C1CCC(N)C1.Cl. The zero-order valence-electron chi connectivity index (χ0n) is 12.7. The smallest absolute Gasteiger partial charge is 0.226 e. The van der Waals surface area contributed by atoms with Crippen molar-refractivity contribution in [1.82, 2.24) is 4.90 Å². The lowest BCUT2D eigenvalue weighted by atomic mass is 10.1. The maximum Gasteiger partial charge on any atom is 0.226 e. The zero-order valence-corrected chi connectivity index (χ0v) is 13.6. The van der Waals surface area contributed by atoms with Crippen LogP contribution in [0.3, 0.4) is 0 Å². The van der Waals surface area contributed by atoms with Crippen molar-refractivity contribution in [2.24, 2.45) is 11.7 Å². The van der Waals surface area contributed by atoms with Gasteiger partial charge in [-0.15, -0.1) is 12.4 Å². The van der Waals surface area contributed by atoms with E-state index in [0.29, 0.717) is 6.54 Å². The van der Waals surface area contributed by atoms with E-state index in [2.05, 4.69) is 0 Å². The molecule has 5 heteroatoms. The number of rotatable bonds is 5. The van der Waals surface area contributed by atoms with E-state index in [4.69, 9.17) is 10.5 Å². The van der Waals surface area contributed by atoms with E-state index in [1.807, 2.05) is 36.1 Å². The molecule has 4 nitrogen and oxygen atoms in total. The molecule has 21 heavy (non-hydrogen) atoms. The van der Waals surface area contributed by atoms with Gasteiger partial charge in [-0.2, -0.15) is 0 Å². The number of hydrogen-bond acceptors (Lipinski definition) is 3. The largest absolute Gasteiger partial charge is 0.497 e. The Hall–Kier alpha value is -1.26. The molecule has 0 spiro atoms. The van der Waals surface area contributed by atoms with Crippen molar-refractivity contribution in [3.63, 3.8) is 0 Å². The minimum atomic E-state index is 0. The van der Waals surface area contributed by atoms with Crippen LogP contribution in [0.15, 0.2) is 24.3 Å². The minimum Gasteiger partial charge on any atom is -0.497 e. The van der Waals surface area contributed by atoms with Crippen LogP contribution in [0, 0.1) is 5.92 Å². The van der Waals surface area contributed by atoms with Gasteiger partial charge in [0.1, 0.15) is 5.75 Å². The highest BCUT2D eigenvalue weighted by Crippen LogP contribution is 2.26. The highest BCUT2D eigenvalue weighted by molar-refractivity contribution is 5.85. The second-order valence-electron chi connectivity index (χ2n) is 5.47.